The summed E-state index contributed by atoms with van der Waals surface area (Å²) in [6.07, 6.45) is -2.15. The van der Waals surface area contributed by atoms with Crippen LogP contribution in [0.1, 0.15) is 11.8 Å². The number of hydrogen-bond donors (Lipinski definition) is 3. The van der Waals surface area contributed by atoms with Gasteiger partial charge in [-0.25, -0.2) is 4.79 Å². The summed E-state index contributed by atoms with van der Waals surface area (Å²) >= 11 is 0. The van der Waals surface area contributed by atoms with Gasteiger partial charge in [-0.2, -0.15) is 0 Å². The number of aliphatic hydroxyl groups excluding tert-OH is 2. The van der Waals surface area contributed by atoms with Gasteiger partial charge < -0.3 is 14.9 Å². The number of ether oxygens (including phenoxy) is 1. The number of azide groups is 1. The molecule has 0 aromatic carbocycles. The highest BCUT2D eigenvalue weighted by atomic mass is 16.5. The van der Waals surface area contributed by atoms with E-state index >= 15 is 0 Å². The molecule has 0 bridgehead atoms. The average molecular weight is 283 g/mol. The molecule has 0 radical (unpaired) electrons. The van der Waals surface area contributed by atoms with E-state index in [1.807, 2.05) is 0 Å². The Labute approximate surface area is 111 Å². The molecule has 1 aliphatic heterocycles. The van der Waals surface area contributed by atoms with Crippen molar-refractivity contribution in [2.45, 2.75) is 31.4 Å². The van der Waals surface area contributed by atoms with Crippen LogP contribution in [0.25, 0.3) is 10.4 Å². The van der Waals surface area contributed by atoms with Crippen molar-refractivity contribution in [3.05, 3.63) is 43.0 Å². The molecule has 1 aliphatic rings. The number of nitrogens with one attached hydrogen (secondary N) is 1. The maximum Gasteiger partial charge on any atom is 0.330 e. The van der Waals surface area contributed by atoms with Gasteiger partial charge in [-0.1, -0.05) is 5.11 Å². The van der Waals surface area contributed by atoms with Crippen LogP contribution < -0.4 is 11.2 Å². The van der Waals surface area contributed by atoms with Crippen LogP contribution in [0, 0.1) is 6.92 Å². The van der Waals surface area contributed by atoms with Crippen molar-refractivity contribution in [3.63, 3.8) is 0 Å². The zero-order chi connectivity index (χ0) is 14.9. The summed E-state index contributed by atoms with van der Waals surface area (Å²) in [7, 11) is 0. The summed E-state index contributed by atoms with van der Waals surface area (Å²) in [4.78, 5) is 27.7. The molecule has 2 heterocycles. The molecule has 0 amide bonds. The minimum absolute atomic E-state index is 0.258. The molecular formula is C10H13N5O5. The fraction of sp³-hybridized carbons (Fsp3) is 0.600. The van der Waals surface area contributed by atoms with Gasteiger partial charge >= 0.3 is 5.69 Å². The summed E-state index contributed by atoms with van der Waals surface area (Å²) in [5.41, 5.74) is 7.40. The molecule has 10 heteroatoms. The third kappa shape index (κ3) is 2.32. The molecule has 0 aliphatic carbocycles. The van der Waals surface area contributed by atoms with Crippen molar-refractivity contribution >= 4 is 0 Å². The first-order valence-electron chi connectivity index (χ1n) is 5.80. The van der Waals surface area contributed by atoms with Crippen LogP contribution in [0.5, 0.6) is 0 Å². The van der Waals surface area contributed by atoms with E-state index in [-0.39, 0.29) is 5.56 Å². The molecule has 108 valence electrons. The summed E-state index contributed by atoms with van der Waals surface area (Å²) in [6, 6.07) is -1.02. The van der Waals surface area contributed by atoms with Crippen molar-refractivity contribution in [2.24, 2.45) is 5.11 Å². The number of aliphatic hydroxyl groups is 2. The Morgan fingerprint density at radius 2 is 2.30 bits per heavy atom. The molecule has 2 unspecified atom stereocenters. The smallest absolute Gasteiger partial charge is 0.330 e. The van der Waals surface area contributed by atoms with E-state index in [1.54, 1.807) is 0 Å². The average Bonchev–Trinajstić information content (AvgIpc) is 2.72. The first-order chi connectivity index (χ1) is 9.49. The molecule has 1 fully saturated rings. The van der Waals surface area contributed by atoms with Crippen LogP contribution >= 0.6 is 0 Å². The Balaban J connectivity index is 2.44. The number of hydrogen-bond acceptors (Lipinski definition) is 6. The van der Waals surface area contributed by atoms with Crippen LogP contribution in [0.2, 0.25) is 0 Å². The van der Waals surface area contributed by atoms with Gasteiger partial charge in [0.15, 0.2) is 6.23 Å². The van der Waals surface area contributed by atoms with Crippen molar-refractivity contribution in [1.82, 2.24) is 9.55 Å². The van der Waals surface area contributed by atoms with E-state index < -0.39 is 42.3 Å². The number of H-pyrrole nitrogens is 1. The van der Waals surface area contributed by atoms with E-state index in [0.29, 0.717) is 0 Å². The molecule has 0 spiro atoms. The van der Waals surface area contributed by atoms with Gasteiger partial charge in [0.05, 0.1) is 18.8 Å². The Kier molecular flexibility index (Phi) is 3.91. The normalized spacial score (nSPS) is 29.1. The van der Waals surface area contributed by atoms with Crippen molar-refractivity contribution in [2.75, 3.05) is 6.61 Å². The summed E-state index contributed by atoms with van der Waals surface area (Å²) in [6.45, 7) is 1.01. The molecule has 1 aromatic rings. The van der Waals surface area contributed by atoms with Gasteiger partial charge in [0, 0.05) is 16.7 Å². The molecule has 10 nitrogen and oxygen atoms in total. The van der Waals surface area contributed by atoms with Gasteiger partial charge in [0.25, 0.3) is 5.56 Å². The third-order valence-corrected chi connectivity index (χ3v) is 3.12. The lowest BCUT2D eigenvalue weighted by Crippen LogP contribution is -2.38. The number of aromatic amines is 1. The minimum atomic E-state index is -1.31. The van der Waals surface area contributed by atoms with Crippen LogP contribution in [0.3, 0.4) is 0 Å². The molecule has 1 aromatic heterocycles. The van der Waals surface area contributed by atoms with E-state index in [2.05, 4.69) is 15.0 Å². The fourth-order valence-electron chi connectivity index (χ4n) is 2.09. The molecule has 2 rings (SSSR count). The summed E-state index contributed by atoms with van der Waals surface area (Å²) in [5.74, 6) is 0. The molecule has 20 heavy (non-hydrogen) atoms. The number of aromatic nitrogens is 2. The molecule has 4 atom stereocenters. The second-order valence-corrected chi connectivity index (χ2v) is 4.41. The van der Waals surface area contributed by atoms with Crippen LogP contribution in [0.4, 0.5) is 0 Å². The number of nitrogens with zero attached hydrogens (tertiary/aromatic N) is 4. The second kappa shape index (κ2) is 5.47. The summed E-state index contributed by atoms with van der Waals surface area (Å²) < 4.78 is 6.32. The zero-order valence-electron chi connectivity index (χ0n) is 10.5. The van der Waals surface area contributed by atoms with Gasteiger partial charge in [-0.15, -0.1) is 0 Å². The molecule has 1 saturated heterocycles. The Bertz CT molecular complexity index is 661. The van der Waals surface area contributed by atoms with E-state index in [0.717, 1.165) is 4.57 Å². The van der Waals surface area contributed by atoms with E-state index in [4.69, 9.17) is 15.4 Å². The molecular weight excluding hydrogens is 270 g/mol. The highest BCUT2D eigenvalue weighted by Crippen LogP contribution is 2.30. The predicted octanol–water partition coefficient (Wildman–Crippen LogP) is -1.23. The largest absolute Gasteiger partial charge is 0.394 e. The minimum Gasteiger partial charge on any atom is -0.394 e. The zero-order valence-corrected chi connectivity index (χ0v) is 10.5. The Hall–Kier alpha value is -2.13. The first-order valence-corrected chi connectivity index (χ1v) is 5.80. The lowest BCUT2D eigenvalue weighted by atomic mass is 10.1. The SMILES string of the molecule is Cc1cn([C@@H]2O[C@H](CO)C(N=[N+]=[N-])C2O)c(=O)[nH]c1=O. The molecule has 0 saturated carbocycles. The number of aryl methyl sites for hydroxylation is 1. The monoisotopic (exact) mass is 283 g/mol. The summed E-state index contributed by atoms with van der Waals surface area (Å²) in [5, 5.41) is 22.6. The maximum atomic E-state index is 11.7. The second-order valence-electron chi connectivity index (χ2n) is 4.41. The standard InChI is InChI=1S/C10H13N5O5/c1-4-2-15(10(19)12-8(4)18)9-7(17)6(13-14-11)5(3-16)20-9/h2,5-7,9,16-17H,3H2,1H3,(H,12,18,19)/t5-,6?,7?,9-/m1/s1. The topological polar surface area (TPSA) is 153 Å². The van der Waals surface area contributed by atoms with E-state index in [9.17, 15) is 14.7 Å². The van der Waals surface area contributed by atoms with Gasteiger partial charge in [-0.3, -0.25) is 14.3 Å². The molecule has 3 N–H and O–H groups in total. The lowest BCUT2D eigenvalue weighted by Gasteiger charge is -2.17. The maximum absolute atomic E-state index is 11.7. The van der Waals surface area contributed by atoms with Crippen LogP contribution in [0.15, 0.2) is 20.9 Å². The van der Waals surface area contributed by atoms with Crippen LogP contribution in [-0.4, -0.2) is 44.6 Å². The highest BCUT2D eigenvalue weighted by Gasteiger charge is 2.44. The van der Waals surface area contributed by atoms with Crippen molar-refractivity contribution < 1.29 is 14.9 Å². The first kappa shape index (κ1) is 14.3. The Morgan fingerprint density at radius 3 is 2.90 bits per heavy atom. The van der Waals surface area contributed by atoms with Crippen LogP contribution in [-0.2, 0) is 4.74 Å². The van der Waals surface area contributed by atoms with E-state index in [1.165, 1.54) is 13.1 Å². The predicted molar refractivity (Wildman–Crippen MR) is 66.0 cm³/mol. The fourth-order valence-corrected chi connectivity index (χ4v) is 2.09. The van der Waals surface area contributed by atoms with Crippen molar-refractivity contribution in [3.8, 4) is 0 Å². The van der Waals surface area contributed by atoms with Gasteiger partial charge in [-0.05, 0) is 12.5 Å². The highest BCUT2D eigenvalue weighted by molar-refractivity contribution is 5.04. The quantitative estimate of drug-likeness (QED) is 0.360. The van der Waals surface area contributed by atoms with Crippen molar-refractivity contribution in [1.29, 1.82) is 0 Å². The lowest BCUT2D eigenvalue weighted by molar-refractivity contribution is -0.0532. The third-order valence-electron chi connectivity index (χ3n) is 3.12. The van der Waals surface area contributed by atoms with Gasteiger partial charge in [0.1, 0.15) is 6.10 Å². The Morgan fingerprint density at radius 1 is 1.60 bits per heavy atom. The van der Waals surface area contributed by atoms with Gasteiger partial charge in [0.2, 0.25) is 0 Å². The number of rotatable bonds is 3.